The highest BCUT2D eigenvalue weighted by atomic mass is 35.5. The fourth-order valence-corrected chi connectivity index (χ4v) is 2.33. The molecule has 0 radical (unpaired) electrons. The molecule has 0 aliphatic heterocycles. The Morgan fingerprint density at radius 3 is 2.64 bits per heavy atom. The van der Waals surface area contributed by atoms with Crippen LogP contribution in [0.4, 0.5) is 10.1 Å². The molecule has 0 unspecified atom stereocenters. The van der Waals surface area contributed by atoms with E-state index in [1.807, 2.05) is 0 Å². The Kier molecular flexibility index (Phi) is 6.61. The van der Waals surface area contributed by atoms with Crippen LogP contribution in [-0.4, -0.2) is 22.7 Å². The molecule has 2 rings (SSSR count). The highest BCUT2D eigenvalue weighted by Gasteiger charge is 2.16. The van der Waals surface area contributed by atoms with Crippen molar-refractivity contribution in [3.63, 3.8) is 0 Å². The van der Waals surface area contributed by atoms with E-state index in [1.54, 1.807) is 19.1 Å². The van der Waals surface area contributed by atoms with E-state index in [-0.39, 0.29) is 34.7 Å². The van der Waals surface area contributed by atoms with Crippen molar-refractivity contribution in [2.45, 2.75) is 13.3 Å². The molecule has 0 saturated heterocycles. The highest BCUT2D eigenvalue weighted by molar-refractivity contribution is 6.33. The molecule has 0 saturated carbocycles. The first-order valence-corrected chi connectivity index (χ1v) is 8.08. The van der Waals surface area contributed by atoms with Gasteiger partial charge in [-0.3, -0.25) is 0 Å². The van der Waals surface area contributed by atoms with Crippen molar-refractivity contribution >= 4 is 34.9 Å². The Labute approximate surface area is 154 Å². The van der Waals surface area contributed by atoms with E-state index < -0.39 is 11.8 Å². The second-order valence-electron chi connectivity index (χ2n) is 4.97. The largest absolute Gasteiger partial charge is 0.508 e. The summed E-state index contributed by atoms with van der Waals surface area (Å²) in [5.74, 6) is -1.18. The molecule has 0 aliphatic rings. The molecule has 25 heavy (non-hydrogen) atoms. The molecule has 0 aliphatic carbocycles. The maximum atomic E-state index is 13.6. The molecule has 0 atom stereocenters. The molecule has 0 amide bonds. The van der Waals surface area contributed by atoms with E-state index in [4.69, 9.17) is 27.9 Å². The van der Waals surface area contributed by atoms with Gasteiger partial charge in [0, 0.05) is 18.3 Å². The summed E-state index contributed by atoms with van der Waals surface area (Å²) in [4.78, 5) is 15.8. The molecule has 5 nitrogen and oxygen atoms in total. The number of carbonyl (C=O) groups excluding carboxylic acids is 1. The Morgan fingerprint density at radius 2 is 2.00 bits per heavy atom. The normalized spacial score (nSPS) is 11.3. The number of anilines is 1. The number of aromatic nitrogens is 1. The van der Waals surface area contributed by atoms with Gasteiger partial charge < -0.3 is 15.2 Å². The lowest BCUT2D eigenvalue weighted by Gasteiger charge is -2.10. The highest BCUT2D eigenvalue weighted by Crippen LogP contribution is 2.23. The van der Waals surface area contributed by atoms with E-state index in [2.05, 4.69) is 10.3 Å². The van der Waals surface area contributed by atoms with Gasteiger partial charge in [0.05, 0.1) is 12.2 Å². The first-order valence-electron chi connectivity index (χ1n) is 7.32. The number of halogens is 3. The average Bonchev–Trinajstić information content (AvgIpc) is 2.57. The van der Waals surface area contributed by atoms with E-state index in [0.29, 0.717) is 11.3 Å². The summed E-state index contributed by atoms with van der Waals surface area (Å²) in [7, 11) is 0. The third-order valence-electron chi connectivity index (χ3n) is 3.16. The zero-order valence-corrected chi connectivity index (χ0v) is 14.7. The van der Waals surface area contributed by atoms with Gasteiger partial charge in [0.2, 0.25) is 0 Å². The average molecular weight is 385 g/mol. The minimum atomic E-state index is -0.726. The van der Waals surface area contributed by atoms with Crippen LogP contribution in [0.2, 0.25) is 10.3 Å². The molecule has 1 heterocycles. The lowest BCUT2D eigenvalue weighted by Crippen LogP contribution is -2.12. The summed E-state index contributed by atoms with van der Waals surface area (Å²) in [5.41, 5.74) is 1.17. The molecule has 2 N–H and O–H groups in total. The standard InChI is InChI=1S/C17H15Cl2FN2O3/c1-2-25-17(24)11(9-21-12-3-5-13(23)6-4-12)7-10-8-14(20)16(19)22-15(10)18/h3-6,8-9,21,23H,2,7H2,1H3/b11-9+. The van der Waals surface area contributed by atoms with E-state index in [1.165, 1.54) is 18.3 Å². The molecular weight excluding hydrogens is 370 g/mol. The van der Waals surface area contributed by atoms with Gasteiger partial charge >= 0.3 is 5.97 Å². The van der Waals surface area contributed by atoms with E-state index >= 15 is 0 Å². The monoisotopic (exact) mass is 384 g/mol. The number of phenolic OH excluding ortho intramolecular Hbond substituents is 1. The summed E-state index contributed by atoms with van der Waals surface area (Å²) >= 11 is 11.6. The number of ether oxygens (including phenoxy) is 1. The number of nitrogens with zero attached hydrogens (tertiary/aromatic N) is 1. The molecule has 132 valence electrons. The maximum absolute atomic E-state index is 13.6. The van der Waals surface area contributed by atoms with Crippen LogP contribution in [0.25, 0.3) is 0 Å². The predicted molar refractivity (Wildman–Crippen MR) is 94.4 cm³/mol. The van der Waals surface area contributed by atoms with E-state index in [0.717, 1.165) is 6.07 Å². The van der Waals surface area contributed by atoms with Gasteiger partial charge in [-0.15, -0.1) is 0 Å². The molecular formula is C17H15Cl2FN2O3. The van der Waals surface area contributed by atoms with E-state index in [9.17, 15) is 14.3 Å². The van der Waals surface area contributed by atoms with Crippen LogP contribution in [0, 0.1) is 5.82 Å². The number of carbonyl (C=O) groups is 1. The predicted octanol–water partition coefficient (Wildman–Crippen LogP) is 4.33. The van der Waals surface area contributed by atoms with Crippen LogP contribution < -0.4 is 5.32 Å². The fraction of sp³-hybridized carbons (Fsp3) is 0.176. The molecule has 0 fully saturated rings. The van der Waals surface area contributed by atoms with Gasteiger partial charge in [-0.2, -0.15) is 0 Å². The number of aromatic hydroxyl groups is 1. The first-order chi connectivity index (χ1) is 11.9. The summed E-state index contributed by atoms with van der Waals surface area (Å²) < 4.78 is 18.6. The third kappa shape index (κ3) is 5.34. The zero-order valence-electron chi connectivity index (χ0n) is 13.2. The second-order valence-corrected chi connectivity index (χ2v) is 5.68. The Balaban J connectivity index is 2.26. The third-order valence-corrected chi connectivity index (χ3v) is 3.75. The van der Waals surface area contributed by atoms with Crippen molar-refractivity contribution in [2.75, 3.05) is 11.9 Å². The summed E-state index contributed by atoms with van der Waals surface area (Å²) in [6.45, 7) is 1.87. The van der Waals surface area contributed by atoms with Gasteiger partial charge in [-0.25, -0.2) is 14.2 Å². The summed E-state index contributed by atoms with van der Waals surface area (Å²) in [6.07, 6.45) is 1.44. The molecule has 0 bridgehead atoms. The van der Waals surface area contributed by atoms with Crippen LogP contribution in [0.1, 0.15) is 12.5 Å². The number of pyridine rings is 1. The minimum absolute atomic E-state index is 0.00381. The van der Waals surface area contributed by atoms with Gasteiger partial charge in [0.1, 0.15) is 10.9 Å². The van der Waals surface area contributed by atoms with Crippen LogP contribution in [0.5, 0.6) is 5.75 Å². The molecule has 0 spiro atoms. The van der Waals surface area contributed by atoms with Crippen molar-refractivity contribution in [3.8, 4) is 5.75 Å². The molecule has 1 aromatic heterocycles. The molecule has 8 heteroatoms. The minimum Gasteiger partial charge on any atom is -0.508 e. The van der Waals surface area contributed by atoms with Gasteiger partial charge in [-0.1, -0.05) is 23.2 Å². The molecule has 2 aromatic rings. The number of nitrogens with one attached hydrogen (secondary N) is 1. The number of hydrogen-bond acceptors (Lipinski definition) is 5. The van der Waals surface area contributed by atoms with Gasteiger partial charge in [0.15, 0.2) is 11.0 Å². The smallest absolute Gasteiger partial charge is 0.335 e. The van der Waals surface area contributed by atoms with Crippen molar-refractivity contribution in [1.29, 1.82) is 0 Å². The zero-order chi connectivity index (χ0) is 18.4. The van der Waals surface area contributed by atoms with Crippen LogP contribution in [0.15, 0.2) is 42.1 Å². The topological polar surface area (TPSA) is 71.5 Å². The number of hydrogen-bond donors (Lipinski definition) is 2. The van der Waals surface area contributed by atoms with Crippen molar-refractivity contribution in [1.82, 2.24) is 4.98 Å². The second kappa shape index (κ2) is 8.69. The van der Waals surface area contributed by atoms with Crippen molar-refractivity contribution in [3.05, 3.63) is 63.8 Å². The molecule has 1 aromatic carbocycles. The van der Waals surface area contributed by atoms with Crippen molar-refractivity contribution in [2.24, 2.45) is 0 Å². The number of benzene rings is 1. The van der Waals surface area contributed by atoms with Crippen molar-refractivity contribution < 1.29 is 19.0 Å². The Hall–Kier alpha value is -2.31. The van der Waals surface area contributed by atoms with Crippen LogP contribution in [-0.2, 0) is 16.0 Å². The lowest BCUT2D eigenvalue weighted by molar-refractivity contribution is -0.138. The van der Waals surface area contributed by atoms with Crippen LogP contribution in [0.3, 0.4) is 0 Å². The van der Waals surface area contributed by atoms with Gasteiger partial charge in [0.25, 0.3) is 0 Å². The Bertz CT molecular complexity index is 795. The lowest BCUT2D eigenvalue weighted by atomic mass is 10.1. The van der Waals surface area contributed by atoms with Crippen LogP contribution >= 0.6 is 23.2 Å². The fourth-order valence-electron chi connectivity index (χ4n) is 1.95. The number of esters is 1. The SMILES string of the molecule is CCOC(=O)/C(=C/Nc1ccc(O)cc1)Cc1cc(F)c(Cl)nc1Cl. The summed E-state index contributed by atoms with van der Waals surface area (Å²) in [6, 6.07) is 7.38. The first kappa shape index (κ1) is 19.0. The van der Waals surface area contributed by atoms with Gasteiger partial charge in [-0.05, 0) is 42.8 Å². The maximum Gasteiger partial charge on any atom is 0.335 e. The quantitative estimate of drug-likeness (QED) is 0.335. The summed E-state index contributed by atoms with van der Waals surface area (Å²) in [5, 5.41) is 11.9. The Morgan fingerprint density at radius 1 is 1.32 bits per heavy atom. The number of phenols is 1. The number of rotatable bonds is 6.